The first-order valence-corrected chi connectivity index (χ1v) is 5.83. The van der Waals surface area contributed by atoms with E-state index in [4.69, 9.17) is 9.84 Å². The van der Waals surface area contributed by atoms with E-state index in [1.165, 1.54) is 0 Å². The molecule has 2 atom stereocenters. The van der Waals surface area contributed by atoms with Gasteiger partial charge in [-0.2, -0.15) is 0 Å². The van der Waals surface area contributed by atoms with Crippen molar-refractivity contribution >= 4 is 12.0 Å². The number of urea groups is 1. The van der Waals surface area contributed by atoms with Crippen LogP contribution in [0, 0.1) is 0 Å². The Labute approximate surface area is 102 Å². The molecule has 2 amide bonds. The molecule has 0 aromatic heterocycles. The fourth-order valence-corrected chi connectivity index (χ4v) is 1.39. The molecule has 0 aliphatic heterocycles. The normalized spacial score (nSPS) is 13.8. The molecule has 0 aliphatic carbocycles. The number of aliphatic carboxylic acids is 1. The van der Waals surface area contributed by atoms with Crippen LogP contribution in [0.15, 0.2) is 0 Å². The Morgan fingerprint density at radius 1 is 1.29 bits per heavy atom. The highest BCUT2D eigenvalue weighted by molar-refractivity contribution is 5.82. The van der Waals surface area contributed by atoms with Gasteiger partial charge in [0.1, 0.15) is 6.04 Å². The van der Waals surface area contributed by atoms with E-state index in [9.17, 15) is 9.59 Å². The van der Waals surface area contributed by atoms with Gasteiger partial charge in [0.2, 0.25) is 0 Å². The summed E-state index contributed by atoms with van der Waals surface area (Å²) in [7, 11) is 1.55. The van der Waals surface area contributed by atoms with Gasteiger partial charge in [0.15, 0.2) is 0 Å². The molecular weight excluding hydrogens is 224 g/mol. The summed E-state index contributed by atoms with van der Waals surface area (Å²) in [4.78, 5) is 22.4. The molecular formula is C11H22N2O4. The van der Waals surface area contributed by atoms with Gasteiger partial charge in [-0.05, 0) is 12.8 Å². The van der Waals surface area contributed by atoms with Crippen molar-refractivity contribution in [1.82, 2.24) is 10.6 Å². The van der Waals surface area contributed by atoms with Crippen LogP contribution in [-0.2, 0) is 9.53 Å². The van der Waals surface area contributed by atoms with E-state index in [0.29, 0.717) is 19.4 Å². The van der Waals surface area contributed by atoms with Crippen molar-refractivity contribution in [2.45, 2.75) is 45.2 Å². The second-order valence-electron chi connectivity index (χ2n) is 3.86. The number of amides is 2. The zero-order valence-electron chi connectivity index (χ0n) is 10.7. The molecule has 0 radical (unpaired) electrons. The molecule has 6 nitrogen and oxygen atoms in total. The van der Waals surface area contributed by atoms with Gasteiger partial charge < -0.3 is 20.5 Å². The molecule has 1 unspecified atom stereocenters. The number of hydrogen-bond donors (Lipinski definition) is 3. The first-order chi connectivity index (χ1) is 8.04. The van der Waals surface area contributed by atoms with Crippen LogP contribution in [0.25, 0.3) is 0 Å². The largest absolute Gasteiger partial charge is 0.480 e. The fourth-order valence-electron chi connectivity index (χ4n) is 1.39. The van der Waals surface area contributed by atoms with E-state index in [0.717, 1.165) is 6.42 Å². The molecule has 0 bridgehead atoms. The lowest BCUT2D eigenvalue weighted by Gasteiger charge is -2.19. The maximum Gasteiger partial charge on any atom is 0.326 e. The van der Waals surface area contributed by atoms with Crippen molar-refractivity contribution in [2.24, 2.45) is 0 Å². The van der Waals surface area contributed by atoms with Gasteiger partial charge in [-0.25, -0.2) is 9.59 Å². The van der Waals surface area contributed by atoms with Crippen LogP contribution in [-0.4, -0.2) is 42.9 Å². The van der Waals surface area contributed by atoms with Gasteiger partial charge in [-0.15, -0.1) is 0 Å². The second kappa shape index (κ2) is 8.81. The van der Waals surface area contributed by atoms with Gasteiger partial charge in [0, 0.05) is 7.11 Å². The first kappa shape index (κ1) is 15.7. The summed E-state index contributed by atoms with van der Waals surface area (Å²) in [5, 5.41) is 14.0. The van der Waals surface area contributed by atoms with E-state index in [1.54, 1.807) is 7.11 Å². The quantitative estimate of drug-likeness (QED) is 0.595. The third-order valence-corrected chi connectivity index (χ3v) is 2.38. The average Bonchev–Trinajstić information content (AvgIpc) is 2.27. The Hall–Kier alpha value is -1.30. The summed E-state index contributed by atoms with van der Waals surface area (Å²) in [6.07, 6.45) is 1.85. The van der Waals surface area contributed by atoms with Gasteiger partial charge >= 0.3 is 12.0 Å². The minimum Gasteiger partial charge on any atom is -0.480 e. The van der Waals surface area contributed by atoms with E-state index in [1.807, 2.05) is 13.8 Å². The van der Waals surface area contributed by atoms with Crippen LogP contribution in [0.3, 0.4) is 0 Å². The molecule has 0 aromatic rings. The molecule has 0 spiro atoms. The van der Waals surface area contributed by atoms with E-state index >= 15 is 0 Å². The third-order valence-electron chi connectivity index (χ3n) is 2.38. The number of rotatable bonds is 8. The second-order valence-corrected chi connectivity index (χ2v) is 3.86. The topological polar surface area (TPSA) is 87.7 Å². The minimum absolute atomic E-state index is 0.101. The highest BCUT2D eigenvalue weighted by atomic mass is 16.5. The Kier molecular flexibility index (Phi) is 8.13. The maximum absolute atomic E-state index is 11.5. The highest BCUT2D eigenvalue weighted by Gasteiger charge is 2.19. The van der Waals surface area contributed by atoms with Crippen LogP contribution in [0.2, 0.25) is 0 Å². The van der Waals surface area contributed by atoms with Gasteiger partial charge in [-0.3, -0.25) is 0 Å². The number of nitrogens with one attached hydrogen (secondary N) is 2. The lowest BCUT2D eigenvalue weighted by Crippen LogP contribution is -2.49. The van der Waals surface area contributed by atoms with Crippen molar-refractivity contribution in [3.8, 4) is 0 Å². The van der Waals surface area contributed by atoms with Crippen LogP contribution >= 0.6 is 0 Å². The number of hydrogen-bond acceptors (Lipinski definition) is 3. The Morgan fingerprint density at radius 2 is 1.94 bits per heavy atom. The Morgan fingerprint density at radius 3 is 2.35 bits per heavy atom. The van der Waals surface area contributed by atoms with Crippen molar-refractivity contribution in [3.63, 3.8) is 0 Å². The average molecular weight is 246 g/mol. The first-order valence-electron chi connectivity index (χ1n) is 5.83. The molecule has 0 aliphatic rings. The van der Waals surface area contributed by atoms with Crippen molar-refractivity contribution in [2.75, 3.05) is 13.7 Å². The van der Waals surface area contributed by atoms with E-state index < -0.39 is 18.0 Å². The summed E-state index contributed by atoms with van der Waals surface area (Å²) >= 11 is 0. The summed E-state index contributed by atoms with van der Waals surface area (Å²) in [6, 6.07) is -1.40. The summed E-state index contributed by atoms with van der Waals surface area (Å²) in [5.41, 5.74) is 0. The highest BCUT2D eigenvalue weighted by Crippen LogP contribution is 1.97. The van der Waals surface area contributed by atoms with Gasteiger partial charge in [0.25, 0.3) is 0 Å². The van der Waals surface area contributed by atoms with Crippen molar-refractivity contribution in [1.29, 1.82) is 0 Å². The molecule has 17 heavy (non-hydrogen) atoms. The smallest absolute Gasteiger partial charge is 0.326 e. The minimum atomic E-state index is -1.01. The van der Waals surface area contributed by atoms with Gasteiger partial charge in [-0.1, -0.05) is 20.3 Å². The van der Waals surface area contributed by atoms with E-state index in [-0.39, 0.29) is 6.04 Å². The zero-order chi connectivity index (χ0) is 13.3. The Balaban J connectivity index is 4.16. The third kappa shape index (κ3) is 6.78. The van der Waals surface area contributed by atoms with Gasteiger partial charge in [0.05, 0.1) is 12.6 Å². The molecule has 100 valence electrons. The van der Waals surface area contributed by atoms with Crippen LogP contribution in [0.5, 0.6) is 0 Å². The molecule has 3 N–H and O–H groups in total. The molecule has 6 heteroatoms. The number of carbonyl (C=O) groups excluding carboxylic acids is 1. The SMILES string of the molecule is CCC[C@H](NC(=O)NC(CC)COC)C(=O)O. The Bertz CT molecular complexity index is 246. The fraction of sp³-hybridized carbons (Fsp3) is 0.818. The van der Waals surface area contributed by atoms with Crippen LogP contribution < -0.4 is 10.6 Å². The predicted octanol–water partition coefficient (Wildman–Crippen LogP) is 0.964. The van der Waals surface area contributed by atoms with E-state index in [2.05, 4.69) is 10.6 Å². The maximum atomic E-state index is 11.5. The van der Waals surface area contributed by atoms with Crippen molar-refractivity contribution < 1.29 is 19.4 Å². The number of ether oxygens (including phenoxy) is 1. The summed E-state index contributed by atoms with van der Waals surface area (Å²) in [6.45, 7) is 4.20. The standard InChI is InChI=1S/C11H22N2O4/c1-4-6-9(10(14)15)13-11(16)12-8(5-2)7-17-3/h8-9H,4-7H2,1-3H3,(H,14,15)(H2,12,13,16)/t8?,9-/m0/s1. The summed E-state index contributed by atoms with van der Waals surface area (Å²) in [5.74, 6) is -1.01. The summed E-state index contributed by atoms with van der Waals surface area (Å²) < 4.78 is 4.94. The lowest BCUT2D eigenvalue weighted by atomic mass is 10.2. The molecule has 0 saturated carbocycles. The van der Waals surface area contributed by atoms with Crippen LogP contribution in [0.1, 0.15) is 33.1 Å². The molecule has 0 fully saturated rings. The predicted molar refractivity (Wildman–Crippen MR) is 64.0 cm³/mol. The zero-order valence-corrected chi connectivity index (χ0v) is 10.7. The lowest BCUT2D eigenvalue weighted by molar-refractivity contribution is -0.139. The molecule has 0 rings (SSSR count). The van der Waals surface area contributed by atoms with Crippen molar-refractivity contribution in [3.05, 3.63) is 0 Å². The number of methoxy groups -OCH3 is 1. The monoisotopic (exact) mass is 246 g/mol. The molecule has 0 saturated heterocycles. The van der Waals surface area contributed by atoms with Crippen LogP contribution in [0.4, 0.5) is 4.79 Å². The number of carboxylic acids is 1. The molecule has 0 aromatic carbocycles. The number of carbonyl (C=O) groups is 2. The molecule has 0 heterocycles. The number of carboxylic acid groups (broad SMARTS) is 1.